The molecule has 50 heavy (non-hydrogen) atoms. The van der Waals surface area contributed by atoms with Gasteiger partial charge in [-0.3, -0.25) is 10.2 Å². The van der Waals surface area contributed by atoms with Crippen LogP contribution in [-0.2, 0) is 39.2 Å². The molecule has 4 aliphatic rings. The van der Waals surface area contributed by atoms with Gasteiger partial charge in [0.05, 0.1) is 14.2 Å². The Balaban J connectivity index is 1.09. The van der Waals surface area contributed by atoms with Crippen molar-refractivity contribution in [2.75, 3.05) is 33.9 Å². The standard InChI is InChI=1S/C39H42ClN3O6S/c1-24-20-41-22-31(40)29(24)19-33(27-8-10-32(46-2)34(18-27)47-3)48-37(44)36-11-9-28(50-36)21-42-39(15-12-25-6-4-5-7-30(25)39)38(45)49-35-23-43-16-13-26(35)14-17-43/h4-11,18,20,22,26,33,35,42H,12-17,19,21,23H2,1-3H3/p+1/t33-,35-,39?/m0/s1. The molecule has 2 N–H and O–H groups in total. The summed E-state index contributed by atoms with van der Waals surface area (Å²) in [4.78, 5) is 34.7. The molecule has 3 saturated heterocycles. The molecule has 1 aliphatic carbocycles. The minimum absolute atomic E-state index is 0.0779. The average molecular weight is 717 g/mol. The first-order chi connectivity index (χ1) is 24.3. The number of carbonyl (C=O) groups is 2. The molecule has 3 atom stereocenters. The van der Waals surface area contributed by atoms with Crippen molar-refractivity contribution in [3.8, 4) is 11.5 Å². The Morgan fingerprint density at radius 3 is 2.60 bits per heavy atom. The van der Waals surface area contributed by atoms with Crippen LogP contribution in [0.5, 0.6) is 11.5 Å². The zero-order valence-electron chi connectivity index (χ0n) is 28.6. The van der Waals surface area contributed by atoms with Crippen molar-refractivity contribution >= 4 is 34.9 Å². The van der Waals surface area contributed by atoms with Crippen LogP contribution in [-0.4, -0.2) is 56.8 Å². The Bertz CT molecular complexity index is 1850. The lowest BCUT2D eigenvalue weighted by Crippen LogP contribution is -2.55. The molecule has 3 fully saturated rings. The van der Waals surface area contributed by atoms with Crippen LogP contribution < -0.4 is 19.8 Å². The number of thiophene rings is 1. The lowest BCUT2D eigenvalue weighted by Gasteiger charge is -2.45. The molecule has 1 unspecified atom stereocenters. The van der Waals surface area contributed by atoms with E-state index in [-0.39, 0.29) is 12.1 Å². The van der Waals surface area contributed by atoms with Gasteiger partial charge in [0, 0.05) is 30.0 Å². The van der Waals surface area contributed by atoms with Gasteiger partial charge in [-0.15, -0.1) is 11.3 Å². The van der Waals surface area contributed by atoms with E-state index in [4.69, 9.17) is 30.5 Å². The summed E-state index contributed by atoms with van der Waals surface area (Å²) in [5, 5.41) is 4.18. The van der Waals surface area contributed by atoms with Crippen LogP contribution >= 0.6 is 22.9 Å². The number of methoxy groups -OCH3 is 2. The van der Waals surface area contributed by atoms with E-state index in [1.54, 1.807) is 32.5 Å². The minimum atomic E-state index is -0.948. The number of piperidine rings is 3. The van der Waals surface area contributed by atoms with Gasteiger partial charge < -0.3 is 18.9 Å². The summed E-state index contributed by atoms with van der Waals surface area (Å²) < 4.78 is 23.6. The molecule has 0 saturated carbocycles. The molecule has 2 bridgehead atoms. The third-order valence-electron chi connectivity index (χ3n) is 10.6. The molecule has 5 heterocycles. The van der Waals surface area contributed by atoms with E-state index in [9.17, 15) is 9.59 Å². The van der Waals surface area contributed by atoms with Crippen LogP contribution in [0.1, 0.15) is 67.7 Å². The summed E-state index contributed by atoms with van der Waals surface area (Å²) in [5.74, 6) is 0.888. The Labute approximate surface area is 301 Å². The van der Waals surface area contributed by atoms with Gasteiger partial charge in [0.25, 0.3) is 0 Å². The van der Waals surface area contributed by atoms with Crippen molar-refractivity contribution in [3.63, 3.8) is 0 Å². The molecule has 0 amide bonds. The maximum Gasteiger partial charge on any atom is 0.348 e. The monoisotopic (exact) mass is 716 g/mol. The van der Waals surface area contributed by atoms with E-state index in [1.165, 1.54) is 11.3 Å². The maximum atomic E-state index is 14.1. The van der Waals surface area contributed by atoms with Gasteiger partial charge in [0.2, 0.25) is 0 Å². The number of aryl methyl sites for hydroxylation is 2. The van der Waals surface area contributed by atoms with Crippen LogP contribution in [0.15, 0.2) is 67.0 Å². The van der Waals surface area contributed by atoms with Crippen molar-refractivity contribution in [2.24, 2.45) is 5.92 Å². The number of aromatic nitrogens is 1. The summed E-state index contributed by atoms with van der Waals surface area (Å²) >= 11 is 7.95. The Morgan fingerprint density at radius 1 is 1.06 bits per heavy atom. The molecule has 262 valence electrons. The fraction of sp³-hybridized carbons (Fsp3) is 0.410. The van der Waals surface area contributed by atoms with Crippen molar-refractivity contribution in [1.82, 2.24) is 10.2 Å². The van der Waals surface area contributed by atoms with E-state index >= 15 is 0 Å². The summed E-state index contributed by atoms with van der Waals surface area (Å²) in [6, 6.07) is 17.3. The van der Waals surface area contributed by atoms with E-state index < -0.39 is 17.6 Å². The van der Waals surface area contributed by atoms with Crippen LogP contribution in [0.4, 0.5) is 0 Å². The van der Waals surface area contributed by atoms with Gasteiger partial charge in [-0.1, -0.05) is 41.9 Å². The minimum Gasteiger partial charge on any atom is -0.493 e. The number of ether oxygens (including phenoxy) is 4. The lowest BCUT2D eigenvalue weighted by molar-refractivity contribution is -0.378. The summed E-state index contributed by atoms with van der Waals surface area (Å²) in [5.41, 5.74) is 3.78. The number of fused-ring (bicyclic) bond motifs is 4. The average Bonchev–Trinajstić information content (AvgIpc) is 3.78. The highest BCUT2D eigenvalue weighted by Gasteiger charge is 2.48. The quantitative estimate of drug-likeness (QED) is 0.172. The predicted molar refractivity (Wildman–Crippen MR) is 191 cm³/mol. The van der Waals surface area contributed by atoms with Gasteiger partial charge in [0.15, 0.2) is 23.9 Å². The first-order valence-electron chi connectivity index (χ1n) is 17.2. The number of rotatable bonds is 12. The first-order valence-corrected chi connectivity index (χ1v) is 18.4. The normalized spacial score (nSPS) is 22.8. The number of hydrogen-bond donors (Lipinski definition) is 1. The Kier molecular flexibility index (Phi) is 10.2. The van der Waals surface area contributed by atoms with Gasteiger partial charge in [-0.25, -0.2) is 14.6 Å². The fourth-order valence-corrected chi connectivity index (χ4v) is 8.82. The molecule has 2 aromatic carbocycles. The number of hydrogen-bond acceptors (Lipinski definition) is 9. The topological polar surface area (TPSA) is 100 Å². The number of H-pyrrole nitrogens is 1. The van der Waals surface area contributed by atoms with Crippen LogP contribution in [0, 0.1) is 12.8 Å². The third-order valence-corrected chi connectivity index (χ3v) is 12.0. The molecule has 4 aromatic rings. The molecule has 2 aromatic heterocycles. The highest BCUT2D eigenvalue weighted by molar-refractivity contribution is 7.13. The van der Waals surface area contributed by atoms with Gasteiger partial charge in [0.1, 0.15) is 27.6 Å². The molecular weight excluding hydrogens is 674 g/mol. The van der Waals surface area contributed by atoms with Crippen LogP contribution in [0.25, 0.3) is 0 Å². The summed E-state index contributed by atoms with van der Waals surface area (Å²) in [6.07, 6.45) is 6.80. The number of aromatic amines is 1. The smallest absolute Gasteiger partial charge is 0.348 e. The van der Waals surface area contributed by atoms with Crippen molar-refractivity contribution in [2.45, 2.75) is 63.3 Å². The number of carbonyl (C=O) groups excluding carboxylic acids is 2. The lowest BCUT2D eigenvalue weighted by atomic mass is 9.85. The number of pyridine rings is 1. The second-order valence-electron chi connectivity index (χ2n) is 13.4. The molecule has 9 nitrogen and oxygen atoms in total. The highest BCUT2D eigenvalue weighted by atomic mass is 35.5. The predicted octanol–water partition coefficient (Wildman–Crippen LogP) is 6.25. The van der Waals surface area contributed by atoms with Gasteiger partial charge in [-0.2, -0.15) is 0 Å². The van der Waals surface area contributed by atoms with Crippen molar-refractivity contribution in [3.05, 3.63) is 110 Å². The second kappa shape index (κ2) is 14.7. The molecule has 11 heteroatoms. The second-order valence-corrected chi connectivity index (χ2v) is 15.0. The zero-order valence-corrected chi connectivity index (χ0v) is 30.2. The van der Waals surface area contributed by atoms with Crippen LogP contribution in [0.2, 0.25) is 5.02 Å². The molecule has 3 aliphatic heterocycles. The SMILES string of the molecule is COc1ccc([C@H](Cc2c(C)c[nH+]cc2Cl)OC(=O)c2ccc(CNC3(C(=O)O[C@H]4CN5CCC4CC5)CCc4ccccc43)s2)cc1OC. The number of nitrogens with one attached hydrogen (secondary N) is 2. The van der Waals surface area contributed by atoms with E-state index in [2.05, 4.69) is 21.3 Å². The zero-order chi connectivity index (χ0) is 34.8. The summed E-state index contributed by atoms with van der Waals surface area (Å²) in [6.45, 7) is 5.34. The number of esters is 2. The van der Waals surface area contributed by atoms with Crippen molar-refractivity contribution in [1.29, 1.82) is 0 Å². The third kappa shape index (κ3) is 6.86. The van der Waals surface area contributed by atoms with Gasteiger partial charge in [-0.05, 0) is 98.1 Å². The number of nitrogens with zero attached hydrogens (tertiary/aromatic N) is 1. The van der Waals surface area contributed by atoms with E-state index in [0.717, 1.165) is 71.6 Å². The molecule has 0 spiro atoms. The number of benzene rings is 2. The highest BCUT2D eigenvalue weighted by Crippen LogP contribution is 2.41. The molecular formula is C39H43ClN3O6S+. The van der Waals surface area contributed by atoms with E-state index in [0.29, 0.717) is 46.7 Å². The summed E-state index contributed by atoms with van der Waals surface area (Å²) in [7, 11) is 3.15. The molecule has 0 radical (unpaired) electrons. The Hall–Kier alpha value is -3.96. The van der Waals surface area contributed by atoms with Crippen LogP contribution in [0.3, 0.4) is 0 Å². The van der Waals surface area contributed by atoms with Gasteiger partial charge >= 0.3 is 11.9 Å². The largest absolute Gasteiger partial charge is 0.493 e. The first kappa shape index (κ1) is 34.5. The Morgan fingerprint density at radius 2 is 1.86 bits per heavy atom. The maximum absolute atomic E-state index is 14.1. The van der Waals surface area contributed by atoms with Crippen molar-refractivity contribution < 1.29 is 33.5 Å². The van der Waals surface area contributed by atoms with E-state index in [1.807, 2.05) is 49.5 Å². The molecule has 8 rings (SSSR count). The fourth-order valence-electron chi connectivity index (χ4n) is 7.70. The number of halogens is 1.